The molecule has 31 heavy (non-hydrogen) atoms. The third-order valence-electron chi connectivity index (χ3n) is 5.33. The normalized spacial score (nSPS) is 11.9. The van der Waals surface area contributed by atoms with Gasteiger partial charge in [0.25, 0.3) is 0 Å². The maximum atomic E-state index is 14.0. The molecule has 3 aromatic carbocycles. The van der Waals surface area contributed by atoms with Crippen molar-refractivity contribution in [3.8, 4) is 0 Å². The molecule has 1 atom stereocenters. The summed E-state index contributed by atoms with van der Waals surface area (Å²) in [4.78, 5) is 26.0. The molecule has 3 rings (SSSR count). The number of nitrogens with one attached hydrogen (secondary N) is 1. The van der Waals surface area contributed by atoms with E-state index in [9.17, 15) is 14.7 Å². The molecule has 2 N–H and O–H groups in total. The van der Waals surface area contributed by atoms with Gasteiger partial charge in [0.1, 0.15) is 11.5 Å². The van der Waals surface area contributed by atoms with E-state index < -0.39 is 17.4 Å². The lowest BCUT2D eigenvalue weighted by Gasteiger charge is -2.35. The molecule has 4 heteroatoms. The summed E-state index contributed by atoms with van der Waals surface area (Å²) < 4.78 is 0. The van der Waals surface area contributed by atoms with Crippen molar-refractivity contribution < 1.29 is 14.7 Å². The quantitative estimate of drug-likeness (QED) is 0.406. The molecule has 4 nitrogen and oxygen atoms in total. The Balaban J connectivity index is 2.21. The Hall–Kier alpha value is -3.66. The van der Waals surface area contributed by atoms with Crippen LogP contribution in [-0.4, -0.2) is 23.0 Å². The molecule has 0 saturated heterocycles. The van der Waals surface area contributed by atoms with Crippen molar-refractivity contribution in [3.63, 3.8) is 0 Å². The van der Waals surface area contributed by atoms with E-state index in [0.717, 1.165) is 22.3 Å². The molecule has 0 saturated carbocycles. The van der Waals surface area contributed by atoms with Crippen molar-refractivity contribution >= 4 is 11.9 Å². The fourth-order valence-corrected chi connectivity index (χ4v) is 3.80. The standard InChI is InChI=1S/C27H27NO3/c1-20(2)18-19-24(25(29)30)28-26(31)27(21-12-6-3-7-13-21,22-14-8-4-9-15-22)23-16-10-5-11-17-23/h3-18,24H,19H2,1-2H3,(H,28,31)(H,29,30)/t24-/m1/s1. The third kappa shape index (κ3) is 4.75. The molecule has 0 spiro atoms. The molecule has 0 heterocycles. The van der Waals surface area contributed by atoms with Gasteiger partial charge < -0.3 is 10.4 Å². The van der Waals surface area contributed by atoms with Crippen LogP contribution in [0.5, 0.6) is 0 Å². The number of aliphatic carboxylic acids is 1. The largest absolute Gasteiger partial charge is 0.480 e. The number of carbonyl (C=O) groups excluding carboxylic acids is 1. The second-order valence-corrected chi connectivity index (χ2v) is 7.73. The summed E-state index contributed by atoms with van der Waals surface area (Å²) in [5.41, 5.74) is 2.13. The van der Waals surface area contributed by atoms with E-state index in [1.165, 1.54) is 0 Å². The monoisotopic (exact) mass is 413 g/mol. The van der Waals surface area contributed by atoms with Crippen LogP contribution in [0.2, 0.25) is 0 Å². The fraction of sp³-hybridized carbons (Fsp3) is 0.185. The first kappa shape index (κ1) is 22.0. The van der Waals surface area contributed by atoms with Gasteiger partial charge in [-0.15, -0.1) is 0 Å². The van der Waals surface area contributed by atoms with Gasteiger partial charge in [-0.3, -0.25) is 4.79 Å². The summed E-state index contributed by atoms with van der Waals surface area (Å²) in [6.45, 7) is 3.81. The number of amides is 1. The van der Waals surface area contributed by atoms with E-state index in [1.807, 2.05) is 111 Å². The van der Waals surface area contributed by atoms with Gasteiger partial charge in [-0.2, -0.15) is 0 Å². The molecule has 1 amide bonds. The van der Waals surface area contributed by atoms with Crippen LogP contribution < -0.4 is 5.32 Å². The number of carboxylic acids is 1. The van der Waals surface area contributed by atoms with Crippen molar-refractivity contribution in [3.05, 3.63) is 119 Å². The predicted octanol–water partition coefficient (Wildman–Crippen LogP) is 4.95. The van der Waals surface area contributed by atoms with E-state index in [1.54, 1.807) is 0 Å². The molecule has 0 aromatic heterocycles. The number of carbonyl (C=O) groups is 2. The predicted molar refractivity (Wildman–Crippen MR) is 123 cm³/mol. The highest BCUT2D eigenvalue weighted by Crippen LogP contribution is 2.39. The van der Waals surface area contributed by atoms with Crippen LogP contribution in [0.1, 0.15) is 37.0 Å². The zero-order chi connectivity index (χ0) is 22.3. The van der Waals surface area contributed by atoms with Crippen LogP contribution in [0.4, 0.5) is 0 Å². The molecule has 0 aliphatic carbocycles. The lowest BCUT2D eigenvalue weighted by atomic mass is 9.68. The Morgan fingerprint density at radius 1 is 0.806 bits per heavy atom. The van der Waals surface area contributed by atoms with Crippen LogP contribution in [0, 0.1) is 0 Å². The molecule has 0 unspecified atom stereocenters. The van der Waals surface area contributed by atoms with E-state index in [0.29, 0.717) is 0 Å². The summed E-state index contributed by atoms with van der Waals surface area (Å²) in [6.07, 6.45) is 2.05. The molecule has 0 aliphatic rings. The lowest BCUT2D eigenvalue weighted by Crippen LogP contribution is -2.51. The molecule has 158 valence electrons. The van der Waals surface area contributed by atoms with E-state index in [-0.39, 0.29) is 12.3 Å². The first-order chi connectivity index (χ1) is 15.0. The number of hydrogen-bond acceptors (Lipinski definition) is 2. The maximum absolute atomic E-state index is 14.0. The van der Waals surface area contributed by atoms with Crippen LogP contribution in [0.25, 0.3) is 0 Å². The highest BCUT2D eigenvalue weighted by atomic mass is 16.4. The topological polar surface area (TPSA) is 66.4 Å². The van der Waals surface area contributed by atoms with Crippen molar-refractivity contribution in [1.82, 2.24) is 5.32 Å². The first-order valence-electron chi connectivity index (χ1n) is 10.3. The van der Waals surface area contributed by atoms with Gasteiger partial charge in [-0.05, 0) is 37.0 Å². The van der Waals surface area contributed by atoms with E-state index >= 15 is 0 Å². The smallest absolute Gasteiger partial charge is 0.326 e. The Morgan fingerprint density at radius 3 is 1.52 bits per heavy atom. The summed E-state index contributed by atoms with van der Waals surface area (Å²) >= 11 is 0. The van der Waals surface area contributed by atoms with Gasteiger partial charge in [0.2, 0.25) is 5.91 Å². The van der Waals surface area contributed by atoms with Crippen LogP contribution in [0.3, 0.4) is 0 Å². The summed E-state index contributed by atoms with van der Waals surface area (Å²) in [7, 11) is 0. The van der Waals surface area contributed by atoms with E-state index in [2.05, 4.69) is 5.32 Å². The minimum absolute atomic E-state index is 0.220. The van der Waals surface area contributed by atoms with Gasteiger partial charge in [0, 0.05) is 0 Å². The van der Waals surface area contributed by atoms with Crippen LogP contribution in [0.15, 0.2) is 103 Å². The highest BCUT2D eigenvalue weighted by molar-refractivity contribution is 5.98. The number of carboxylic acid groups (broad SMARTS) is 1. The van der Waals surface area contributed by atoms with Crippen LogP contribution in [-0.2, 0) is 15.0 Å². The van der Waals surface area contributed by atoms with Crippen molar-refractivity contribution in [2.45, 2.75) is 31.7 Å². The Bertz CT molecular complexity index is 943. The van der Waals surface area contributed by atoms with Gasteiger partial charge in [0.15, 0.2) is 0 Å². The number of allylic oxidation sites excluding steroid dienone is 1. The minimum atomic E-state index is -1.19. The number of hydrogen-bond donors (Lipinski definition) is 2. The SMILES string of the molecule is CC(C)=CC[C@@H](NC(=O)C(c1ccccc1)(c1ccccc1)c1ccccc1)C(=O)O. The molecule has 0 bridgehead atoms. The van der Waals surface area contributed by atoms with Crippen molar-refractivity contribution in [2.24, 2.45) is 0 Å². The Morgan fingerprint density at radius 2 is 1.19 bits per heavy atom. The number of benzene rings is 3. The number of rotatable bonds is 8. The van der Waals surface area contributed by atoms with Gasteiger partial charge >= 0.3 is 5.97 Å². The second-order valence-electron chi connectivity index (χ2n) is 7.73. The zero-order valence-electron chi connectivity index (χ0n) is 17.8. The molecule has 0 radical (unpaired) electrons. The Labute approximate surface area is 183 Å². The second kappa shape index (κ2) is 9.90. The third-order valence-corrected chi connectivity index (χ3v) is 5.33. The van der Waals surface area contributed by atoms with Gasteiger partial charge in [-0.1, -0.05) is 103 Å². The average Bonchev–Trinajstić information content (AvgIpc) is 2.79. The Kier molecular flexibility index (Phi) is 7.03. The maximum Gasteiger partial charge on any atom is 0.326 e. The molecule has 0 aliphatic heterocycles. The highest BCUT2D eigenvalue weighted by Gasteiger charge is 2.44. The van der Waals surface area contributed by atoms with E-state index in [4.69, 9.17) is 0 Å². The minimum Gasteiger partial charge on any atom is -0.480 e. The molecule has 0 fully saturated rings. The van der Waals surface area contributed by atoms with Crippen molar-refractivity contribution in [2.75, 3.05) is 0 Å². The first-order valence-corrected chi connectivity index (χ1v) is 10.3. The summed E-state index contributed by atoms with van der Waals surface area (Å²) in [5, 5.41) is 12.6. The van der Waals surface area contributed by atoms with Crippen LogP contribution >= 0.6 is 0 Å². The molecule has 3 aromatic rings. The average molecular weight is 414 g/mol. The molecular formula is C27H27NO3. The summed E-state index contributed by atoms with van der Waals surface area (Å²) in [5.74, 6) is -1.43. The zero-order valence-corrected chi connectivity index (χ0v) is 17.8. The van der Waals surface area contributed by atoms with Crippen molar-refractivity contribution in [1.29, 1.82) is 0 Å². The summed E-state index contributed by atoms with van der Waals surface area (Å²) in [6, 6.07) is 27.5. The lowest BCUT2D eigenvalue weighted by molar-refractivity contribution is -0.142. The fourth-order valence-electron chi connectivity index (χ4n) is 3.80. The van der Waals surface area contributed by atoms with Gasteiger partial charge in [-0.25, -0.2) is 4.79 Å². The van der Waals surface area contributed by atoms with Gasteiger partial charge in [0.05, 0.1) is 0 Å². The molecular weight excluding hydrogens is 386 g/mol.